The number of halogens is 2. The number of rotatable bonds is 6. The van der Waals surface area contributed by atoms with Crippen LogP contribution in [0, 0.1) is 11.6 Å². The normalized spacial score (nSPS) is 16.5. The van der Waals surface area contributed by atoms with Gasteiger partial charge in [0.25, 0.3) is 0 Å². The molecule has 1 aromatic carbocycles. The van der Waals surface area contributed by atoms with E-state index in [4.69, 9.17) is 0 Å². The van der Waals surface area contributed by atoms with E-state index in [0.717, 1.165) is 31.4 Å². The summed E-state index contributed by atoms with van der Waals surface area (Å²) in [5.41, 5.74) is -0.219. The molecular weight excluding hydrogens is 298 g/mol. The first-order valence-corrected chi connectivity index (χ1v) is 8.60. The van der Waals surface area contributed by atoms with Gasteiger partial charge in [-0.2, -0.15) is 4.31 Å². The summed E-state index contributed by atoms with van der Waals surface area (Å²) in [5.74, 6) is -1.71. The van der Waals surface area contributed by atoms with Crippen LogP contribution in [-0.2, 0) is 16.6 Å². The Morgan fingerprint density at radius 2 is 1.90 bits per heavy atom. The Kier molecular flexibility index (Phi) is 5.29. The molecule has 21 heavy (non-hydrogen) atoms. The molecule has 2 rings (SSSR count). The SMILES string of the molecule is CCCNCc1c(F)ccc(S(=O)(=O)N2CCCC2)c1F. The van der Waals surface area contributed by atoms with Crippen molar-refractivity contribution in [3.05, 3.63) is 29.3 Å². The summed E-state index contributed by atoms with van der Waals surface area (Å²) in [6.07, 6.45) is 2.37. The van der Waals surface area contributed by atoms with Crippen LogP contribution >= 0.6 is 0 Å². The van der Waals surface area contributed by atoms with Crippen molar-refractivity contribution < 1.29 is 17.2 Å². The van der Waals surface area contributed by atoms with Crippen molar-refractivity contribution in [2.45, 2.75) is 37.6 Å². The van der Waals surface area contributed by atoms with Crippen LogP contribution in [0.3, 0.4) is 0 Å². The van der Waals surface area contributed by atoms with E-state index in [1.807, 2.05) is 6.92 Å². The summed E-state index contributed by atoms with van der Waals surface area (Å²) >= 11 is 0. The predicted octanol–water partition coefficient (Wildman–Crippen LogP) is 2.25. The van der Waals surface area contributed by atoms with Crippen molar-refractivity contribution in [2.24, 2.45) is 0 Å². The Bertz CT molecular complexity index is 599. The van der Waals surface area contributed by atoms with Crippen molar-refractivity contribution in [3.8, 4) is 0 Å². The first-order valence-electron chi connectivity index (χ1n) is 7.16. The van der Waals surface area contributed by atoms with Crippen LogP contribution in [0.25, 0.3) is 0 Å². The molecule has 0 atom stereocenters. The summed E-state index contributed by atoms with van der Waals surface area (Å²) in [6, 6.07) is 2.04. The molecule has 1 aliphatic heterocycles. The molecule has 1 N–H and O–H groups in total. The van der Waals surface area contributed by atoms with E-state index in [-0.39, 0.29) is 12.1 Å². The third-order valence-electron chi connectivity index (χ3n) is 3.56. The molecule has 4 nitrogen and oxygen atoms in total. The van der Waals surface area contributed by atoms with Crippen LogP contribution in [-0.4, -0.2) is 32.4 Å². The summed E-state index contributed by atoms with van der Waals surface area (Å²) in [5, 5.41) is 2.89. The highest BCUT2D eigenvalue weighted by Crippen LogP contribution is 2.26. The molecule has 0 unspecified atom stereocenters. The van der Waals surface area contributed by atoms with Gasteiger partial charge in [0.2, 0.25) is 10.0 Å². The summed E-state index contributed by atoms with van der Waals surface area (Å²) < 4.78 is 54.2. The molecule has 0 aromatic heterocycles. The minimum Gasteiger partial charge on any atom is -0.312 e. The molecular formula is C14H20F2N2O2S. The number of benzene rings is 1. The maximum atomic E-state index is 14.4. The molecule has 118 valence electrons. The van der Waals surface area contributed by atoms with E-state index in [1.54, 1.807) is 0 Å². The fraction of sp³-hybridized carbons (Fsp3) is 0.571. The largest absolute Gasteiger partial charge is 0.312 e. The molecule has 7 heteroatoms. The highest BCUT2D eigenvalue weighted by molar-refractivity contribution is 7.89. The van der Waals surface area contributed by atoms with Gasteiger partial charge in [0, 0.05) is 25.2 Å². The minimum atomic E-state index is -3.88. The molecule has 1 saturated heterocycles. The third-order valence-corrected chi connectivity index (χ3v) is 5.48. The fourth-order valence-electron chi connectivity index (χ4n) is 2.40. The van der Waals surface area contributed by atoms with E-state index in [0.29, 0.717) is 19.6 Å². The number of sulfonamides is 1. The lowest BCUT2D eigenvalue weighted by molar-refractivity contribution is 0.463. The van der Waals surface area contributed by atoms with Gasteiger partial charge in [0.05, 0.1) is 0 Å². The lowest BCUT2D eigenvalue weighted by Gasteiger charge is -2.17. The van der Waals surface area contributed by atoms with Crippen LogP contribution in [0.2, 0.25) is 0 Å². The van der Waals surface area contributed by atoms with Gasteiger partial charge in [-0.15, -0.1) is 0 Å². The zero-order chi connectivity index (χ0) is 15.5. The maximum Gasteiger partial charge on any atom is 0.245 e. The van der Waals surface area contributed by atoms with Crippen LogP contribution in [0.4, 0.5) is 8.78 Å². The van der Waals surface area contributed by atoms with E-state index in [1.165, 1.54) is 4.31 Å². The van der Waals surface area contributed by atoms with Gasteiger partial charge < -0.3 is 5.32 Å². The van der Waals surface area contributed by atoms with Crippen LogP contribution in [0.5, 0.6) is 0 Å². The third kappa shape index (κ3) is 3.41. The van der Waals surface area contributed by atoms with Crippen LogP contribution in [0.15, 0.2) is 17.0 Å². The average molecular weight is 318 g/mol. The lowest BCUT2D eigenvalue weighted by atomic mass is 10.2. The van der Waals surface area contributed by atoms with Gasteiger partial charge in [-0.3, -0.25) is 0 Å². The highest BCUT2D eigenvalue weighted by Gasteiger charge is 2.31. The second kappa shape index (κ2) is 6.81. The maximum absolute atomic E-state index is 14.4. The van der Waals surface area contributed by atoms with Gasteiger partial charge in [0.15, 0.2) is 5.82 Å². The van der Waals surface area contributed by atoms with Crippen molar-refractivity contribution in [1.82, 2.24) is 9.62 Å². The number of nitrogens with one attached hydrogen (secondary N) is 1. The number of nitrogens with zero attached hydrogens (tertiary/aromatic N) is 1. The molecule has 0 aliphatic carbocycles. The van der Waals surface area contributed by atoms with Gasteiger partial charge in [0.1, 0.15) is 10.7 Å². The standard InChI is InChI=1S/C14H20F2N2O2S/c1-2-7-17-10-11-12(15)5-6-13(14(11)16)21(19,20)18-8-3-4-9-18/h5-6,17H,2-4,7-10H2,1H3. The molecule has 0 bridgehead atoms. The van der Waals surface area contributed by atoms with Crippen molar-refractivity contribution >= 4 is 10.0 Å². The fourth-order valence-corrected chi connectivity index (χ4v) is 4.00. The van der Waals surface area contributed by atoms with Crippen LogP contribution in [0.1, 0.15) is 31.7 Å². The summed E-state index contributed by atoms with van der Waals surface area (Å²) in [4.78, 5) is -0.431. The Hall–Kier alpha value is -1.05. The molecule has 0 spiro atoms. The first-order chi connectivity index (χ1) is 9.98. The van der Waals surface area contributed by atoms with E-state index < -0.39 is 26.6 Å². The predicted molar refractivity (Wildman–Crippen MR) is 76.3 cm³/mol. The second-order valence-corrected chi connectivity index (χ2v) is 7.03. The van der Waals surface area contributed by atoms with Gasteiger partial charge in [-0.25, -0.2) is 17.2 Å². The Labute approximate surface area is 124 Å². The Morgan fingerprint density at radius 1 is 1.24 bits per heavy atom. The number of hydrogen-bond donors (Lipinski definition) is 1. The van der Waals surface area contributed by atoms with Crippen molar-refractivity contribution in [2.75, 3.05) is 19.6 Å². The topological polar surface area (TPSA) is 49.4 Å². The van der Waals surface area contributed by atoms with Gasteiger partial charge in [-0.05, 0) is 37.9 Å². The molecule has 0 radical (unpaired) electrons. The average Bonchev–Trinajstić information content (AvgIpc) is 2.97. The van der Waals surface area contributed by atoms with Gasteiger partial charge in [-0.1, -0.05) is 6.92 Å². The van der Waals surface area contributed by atoms with E-state index >= 15 is 0 Å². The molecule has 1 aliphatic rings. The molecule has 1 aromatic rings. The smallest absolute Gasteiger partial charge is 0.245 e. The number of hydrogen-bond acceptors (Lipinski definition) is 3. The Balaban J connectivity index is 2.34. The monoisotopic (exact) mass is 318 g/mol. The quantitative estimate of drug-likeness (QED) is 0.819. The molecule has 1 heterocycles. The zero-order valence-electron chi connectivity index (χ0n) is 12.0. The van der Waals surface area contributed by atoms with Gasteiger partial charge >= 0.3 is 0 Å². The summed E-state index contributed by atoms with van der Waals surface area (Å²) in [6.45, 7) is 3.32. The summed E-state index contributed by atoms with van der Waals surface area (Å²) in [7, 11) is -3.88. The lowest BCUT2D eigenvalue weighted by Crippen LogP contribution is -2.29. The Morgan fingerprint density at radius 3 is 2.52 bits per heavy atom. The molecule has 0 amide bonds. The molecule has 1 fully saturated rings. The first kappa shape index (κ1) is 16.3. The van der Waals surface area contributed by atoms with E-state index in [2.05, 4.69) is 5.32 Å². The highest BCUT2D eigenvalue weighted by atomic mass is 32.2. The minimum absolute atomic E-state index is 0.0190. The van der Waals surface area contributed by atoms with Crippen molar-refractivity contribution in [1.29, 1.82) is 0 Å². The molecule has 0 saturated carbocycles. The second-order valence-electron chi connectivity index (χ2n) is 5.13. The van der Waals surface area contributed by atoms with Crippen LogP contribution < -0.4 is 5.32 Å². The zero-order valence-corrected chi connectivity index (χ0v) is 12.8. The van der Waals surface area contributed by atoms with Crippen molar-refractivity contribution in [3.63, 3.8) is 0 Å². The van der Waals surface area contributed by atoms with E-state index in [9.17, 15) is 17.2 Å².